The maximum atomic E-state index is 11.1. The first kappa shape index (κ1) is 17.5. The van der Waals surface area contributed by atoms with Crippen molar-refractivity contribution in [3.8, 4) is 0 Å². The average Bonchev–Trinajstić information content (AvgIpc) is 2.49. The second kappa shape index (κ2) is 7.20. The molecule has 1 fully saturated rings. The molecule has 0 bridgehead atoms. The Morgan fingerprint density at radius 2 is 1.82 bits per heavy atom. The topological polar surface area (TPSA) is 37.3 Å². The minimum atomic E-state index is -0.616. The Balaban J connectivity index is 0.00000256. The molecule has 0 aromatic rings. The molecule has 0 aromatic heterocycles. The third kappa shape index (κ3) is 4.96. The molecule has 1 saturated heterocycles. The molecule has 1 radical (unpaired) electrons. The van der Waals surface area contributed by atoms with Crippen molar-refractivity contribution >= 4 is 5.97 Å². The van der Waals surface area contributed by atoms with Gasteiger partial charge in [0.1, 0.15) is 0 Å². The molecular formula is C13H26NO2Y+. The SMILES string of the molecule is CCC(CC1C[N+](C)(C)CC1CC)C(=O)O.[Y]. The fourth-order valence-corrected chi connectivity index (χ4v) is 3.18. The molecule has 17 heavy (non-hydrogen) atoms. The van der Waals surface area contributed by atoms with Gasteiger partial charge in [0.25, 0.3) is 0 Å². The largest absolute Gasteiger partial charge is 0.481 e. The molecule has 0 aromatic carbocycles. The standard InChI is InChI=1S/C13H25NO2.Y/c1-5-10(13(15)16)7-12-9-14(3,4)8-11(12)6-2;/h10-12H,5-9H2,1-4H3;/p+1. The fraction of sp³-hybridized carbons (Fsp3) is 0.923. The van der Waals surface area contributed by atoms with Gasteiger partial charge in [0.15, 0.2) is 0 Å². The summed E-state index contributed by atoms with van der Waals surface area (Å²) >= 11 is 0. The molecule has 1 rings (SSSR count). The molecule has 3 nitrogen and oxygen atoms in total. The zero-order valence-electron chi connectivity index (χ0n) is 11.6. The number of nitrogens with zero attached hydrogens (tertiary/aromatic N) is 1. The van der Waals surface area contributed by atoms with E-state index in [1.165, 1.54) is 13.0 Å². The summed E-state index contributed by atoms with van der Waals surface area (Å²) in [5.41, 5.74) is 0. The molecule has 0 spiro atoms. The summed E-state index contributed by atoms with van der Waals surface area (Å²) in [6.07, 6.45) is 2.81. The van der Waals surface area contributed by atoms with Gasteiger partial charge in [-0.05, 0) is 19.3 Å². The summed E-state index contributed by atoms with van der Waals surface area (Å²) in [6, 6.07) is 0. The van der Waals surface area contributed by atoms with Crippen LogP contribution in [0.25, 0.3) is 0 Å². The number of rotatable bonds is 5. The van der Waals surface area contributed by atoms with Crippen molar-refractivity contribution in [3.05, 3.63) is 0 Å². The van der Waals surface area contributed by atoms with Gasteiger partial charge >= 0.3 is 5.97 Å². The second-order valence-corrected chi connectivity index (χ2v) is 5.91. The van der Waals surface area contributed by atoms with Crippen LogP contribution in [-0.2, 0) is 37.5 Å². The van der Waals surface area contributed by atoms with Gasteiger partial charge in [-0.2, -0.15) is 0 Å². The van der Waals surface area contributed by atoms with Crippen LogP contribution in [0, 0.1) is 17.8 Å². The van der Waals surface area contributed by atoms with E-state index in [9.17, 15) is 4.79 Å². The molecule has 1 N–H and O–H groups in total. The van der Waals surface area contributed by atoms with Crippen molar-refractivity contribution in [2.24, 2.45) is 17.8 Å². The third-order valence-electron chi connectivity index (χ3n) is 4.08. The fourth-order valence-electron chi connectivity index (χ4n) is 3.18. The summed E-state index contributed by atoms with van der Waals surface area (Å²) < 4.78 is 1.05. The average molecular weight is 317 g/mol. The number of quaternary nitrogens is 1. The Bertz CT molecular complexity index is 256. The van der Waals surface area contributed by atoms with Crippen molar-refractivity contribution in [3.63, 3.8) is 0 Å². The number of hydrogen-bond donors (Lipinski definition) is 1. The van der Waals surface area contributed by atoms with Crippen molar-refractivity contribution in [1.82, 2.24) is 0 Å². The predicted molar refractivity (Wildman–Crippen MR) is 65.1 cm³/mol. The molecule has 0 amide bonds. The van der Waals surface area contributed by atoms with Gasteiger partial charge in [-0.1, -0.05) is 13.8 Å². The van der Waals surface area contributed by atoms with Crippen LogP contribution in [0.5, 0.6) is 0 Å². The third-order valence-corrected chi connectivity index (χ3v) is 4.08. The zero-order valence-corrected chi connectivity index (χ0v) is 14.5. The Kier molecular flexibility index (Phi) is 7.43. The summed E-state index contributed by atoms with van der Waals surface area (Å²) in [5.74, 6) is 0.552. The van der Waals surface area contributed by atoms with Crippen LogP contribution in [0.2, 0.25) is 0 Å². The van der Waals surface area contributed by atoms with Crippen LogP contribution in [0.15, 0.2) is 0 Å². The van der Waals surface area contributed by atoms with Crippen molar-refractivity contribution in [2.45, 2.75) is 33.1 Å². The van der Waals surface area contributed by atoms with Crippen LogP contribution in [-0.4, -0.2) is 42.7 Å². The van der Waals surface area contributed by atoms with Crippen LogP contribution >= 0.6 is 0 Å². The van der Waals surface area contributed by atoms with Crippen LogP contribution < -0.4 is 0 Å². The number of carboxylic acid groups (broad SMARTS) is 1. The van der Waals surface area contributed by atoms with Gasteiger partial charge in [-0.15, -0.1) is 0 Å². The Morgan fingerprint density at radius 3 is 2.24 bits per heavy atom. The van der Waals surface area contributed by atoms with E-state index in [2.05, 4.69) is 21.0 Å². The van der Waals surface area contributed by atoms with E-state index in [1.807, 2.05) is 6.92 Å². The van der Waals surface area contributed by atoms with Gasteiger partial charge in [0.05, 0.1) is 33.1 Å². The molecule has 97 valence electrons. The zero-order chi connectivity index (χ0) is 12.3. The minimum Gasteiger partial charge on any atom is -0.481 e. The molecule has 4 heteroatoms. The first-order chi connectivity index (χ1) is 7.39. The van der Waals surface area contributed by atoms with Crippen LogP contribution in [0.4, 0.5) is 0 Å². The predicted octanol–water partition coefficient (Wildman–Crippen LogP) is 2.22. The molecule has 1 heterocycles. The van der Waals surface area contributed by atoms with Gasteiger partial charge in [0.2, 0.25) is 0 Å². The quantitative estimate of drug-likeness (QED) is 0.790. The van der Waals surface area contributed by atoms with Gasteiger partial charge in [0, 0.05) is 44.5 Å². The molecule has 1 aliphatic rings. The van der Waals surface area contributed by atoms with E-state index < -0.39 is 5.97 Å². The smallest absolute Gasteiger partial charge is 0.306 e. The van der Waals surface area contributed by atoms with E-state index in [-0.39, 0.29) is 38.6 Å². The maximum Gasteiger partial charge on any atom is 0.306 e. The maximum absolute atomic E-state index is 11.1. The monoisotopic (exact) mass is 317 g/mol. The van der Waals surface area contributed by atoms with Crippen LogP contribution in [0.3, 0.4) is 0 Å². The molecule has 3 atom stereocenters. The summed E-state index contributed by atoms with van der Waals surface area (Å²) in [6.45, 7) is 6.55. The van der Waals surface area contributed by atoms with E-state index in [4.69, 9.17) is 5.11 Å². The summed E-state index contributed by atoms with van der Waals surface area (Å²) in [4.78, 5) is 11.1. The normalized spacial score (nSPS) is 28.5. The Hall–Kier alpha value is 0.534. The van der Waals surface area contributed by atoms with Gasteiger partial charge < -0.3 is 9.59 Å². The van der Waals surface area contributed by atoms with E-state index >= 15 is 0 Å². The number of aliphatic carboxylic acids is 1. The summed E-state index contributed by atoms with van der Waals surface area (Å²) in [7, 11) is 4.51. The van der Waals surface area contributed by atoms with E-state index in [0.717, 1.165) is 23.9 Å². The molecular weight excluding hydrogens is 291 g/mol. The molecule has 0 aliphatic carbocycles. The van der Waals surface area contributed by atoms with Gasteiger partial charge in [-0.25, -0.2) is 0 Å². The second-order valence-electron chi connectivity index (χ2n) is 5.91. The first-order valence-corrected chi connectivity index (χ1v) is 6.44. The van der Waals surface area contributed by atoms with Crippen molar-refractivity contribution in [1.29, 1.82) is 0 Å². The van der Waals surface area contributed by atoms with E-state index in [0.29, 0.717) is 11.8 Å². The minimum absolute atomic E-state index is 0. The van der Waals surface area contributed by atoms with Crippen LogP contribution in [0.1, 0.15) is 33.1 Å². The molecule has 0 saturated carbocycles. The molecule has 1 aliphatic heterocycles. The number of likely N-dealkylation sites (tertiary alicyclic amines) is 1. The number of carbonyl (C=O) groups is 1. The Morgan fingerprint density at radius 1 is 1.29 bits per heavy atom. The first-order valence-electron chi connectivity index (χ1n) is 6.44. The van der Waals surface area contributed by atoms with Gasteiger partial charge in [-0.3, -0.25) is 4.79 Å². The number of hydrogen-bond acceptors (Lipinski definition) is 1. The number of carboxylic acids is 1. The van der Waals surface area contributed by atoms with Crippen molar-refractivity contribution < 1.29 is 47.1 Å². The van der Waals surface area contributed by atoms with E-state index in [1.54, 1.807) is 0 Å². The summed E-state index contributed by atoms with van der Waals surface area (Å²) in [5, 5.41) is 9.12. The molecule has 3 unspecified atom stereocenters. The van der Waals surface area contributed by atoms with Crippen molar-refractivity contribution in [2.75, 3.05) is 27.2 Å². The Labute approximate surface area is 130 Å².